The molecule has 0 unspecified atom stereocenters. The maximum atomic E-state index is 12.3. The summed E-state index contributed by atoms with van der Waals surface area (Å²) in [6, 6.07) is 10.4. The van der Waals surface area contributed by atoms with Crippen molar-refractivity contribution < 1.29 is 14.3 Å². The van der Waals surface area contributed by atoms with Gasteiger partial charge in [0.15, 0.2) is 0 Å². The first-order valence-corrected chi connectivity index (χ1v) is 7.64. The molecule has 2 atom stereocenters. The van der Waals surface area contributed by atoms with Crippen LogP contribution in [0.2, 0.25) is 0 Å². The summed E-state index contributed by atoms with van der Waals surface area (Å²) >= 11 is 0. The summed E-state index contributed by atoms with van der Waals surface area (Å²) in [4.78, 5) is 14.2. The Morgan fingerprint density at radius 1 is 1.43 bits per heavy atom. The van der Waals surface area contributed by atoms with E-state index in [0.29, 0.717) is 26.3 Å². The lowest BCUT2D eigenvalue weighted by molar-refractivity contribution is -0.144. The van der Waals surface area contributed by atoms with Crippen molar-refractivity contribution in [3.8, 4) is 0 Å². The van der Waals surface area contributed by atoms with Gasteiger partial charge in [-0.1, -0.05) is 37.3 Å². The predicted molar refractivity (Wildman–Crippen MR) is 82.1 cm³/mol. The summed E-state index contributed by atoms with van der Waals surface area (Å²) in [5.41, 5.74) is 1.32. The fraction of sp³-hybridized carbons (Fsp3) is 0.588. The van der Waals surface area contributed by atoms with Gasteiger partial charge < -0.3 is 14.4 Å². The minimum Gasteiger partial charge on any atom is -0.384 e. The van der Waals surface area contributed by atoms with Crippen molar-refractivity contribution in [3.63, 3.8) is 0 Å². The molecule has 0 aromatic heterocycles. The molecule has 1 aliphatic heterocycles. The van der Waals surface area contributed by atoms with Crippen LogP contribution in [0.25, 0.3) is 0 Å². The number of aryl methyl sites for hydroxylation is 1. The highest BCUT2D eigenvalue weighted by Gasteiger charge is 2.26. The van der Waals surface area contributed by atoms with Gasteiger partial charge in [-0.2, -0.15) is 0 Å². The van der Waals surface area contributed by atoms with Gasteiger partial charge in [0, 0.05) is 20.2 Å². The first kappa shape index (κ1) is 16.0. The van der Waals surface area contributed by atoms with E-state index in [1.54, 1.807) is 7.11 Å². The van der Waals surface area contributed by atoms with E-state index in [0.717, 1.165) is 12.8 Å². The highest BCUT2D eigenvalue weighted by molar-refractivity contribution is 5.78. The van der Waals surface area contributed by atoms with Crippen LogP contribution in [0.4, 0.5) is 0 Å². The fourth-order valence-corrected chi connectivity index (χ4v) is 2.70. The van der Waals surface area contributed by atoms with E-state index in [1.807, 2.05) is 17.9 Å². The van der Waals surface area contributed by atoms with Gasteiger partial charge in [-0.25, -0.2) is 0 Å². The smallest absolute Gasteiger partial charge is 0.227 e. The van der Waals surface area contributed by atoms with Crippen molar-refractivity contribution in [1.29, 1.82) is 0 Å². The van der Waals surface area contributed by atoms with Gasteiger partial charge in [-0.15, -0.1) is 0 Å². The van der Waals surface area contributed by atoms with Crippen molar-refractivity contribution in [2.45, 2.75) is 25.9 Å². The molecule has 116 valence electrons. The molecule has 0 N–H and O–H groups in total. The number of carbonyl (C=O) groups is 1. The SMILES string of the molecule is COC[C@H](C)C(=O)N1CCO[C@@H](CCc2ccccc2)C1. The molecule has 1 amide bonds. The van der Waals surface area contributed by atoms with Crippen LogP contribution in [0.3, 0.4) is 0 Å². The summed E-state index contributed by atoms with van der Waals surface area (Å²) in [5, 5.41) is 0. The van der Waals surface area contributed by atoms with Gasteiger partial charge in [0.25, 0.3) is 0 Å². The predicted octanol–water partition coefficient (Wildman–Crippen LogP) is 2.13. The Bertz CT molecular complexity index is 435. The molecule has 0 saturated carbocycles. The van der Waals surface area contributed by atoms with Gasteiger partial charge in [-0.3, -0.25) is 4.79 Å². The lowest BCUT2D eigenvalue weighted by Gasteiger charge is -2.34. The molecule has 2 rings (SSSR count). The Morgan fingerprint density at radius 2 is 2.19 bits per heavy atom. The maximum absolute atomic E-state index is 12.3. The molecule has 1 aliphatic rings. The van der Waals surface area contributed by atoms with Crippen molar-refractivity contribution in [2.75, 3.05) is 33.4 Å². The molecule has 1 saturated heterocycles. The van der Waals surface area contributed by atoms with E-state index in [2.05, 4.69) is 24.3 Å². The minimum atomic E-state index is -0.0807. The number of hydrogen-bond acceptors (Lipinski definition) is 3. The second-order valence-corrected chi connectivity index (χ2v) is 5.66. The topological polar surface area (TPSA) is 38.8 Å². The number of rotatable bonds is 6. The van der Waals surface area contributed by atoms with Gasteiger partial charge in [0.1, 0.15) is 0 Å². The Kier molecular flexibility index (Phi) is 6.21. The Labute approximate surface area is 127 Å². The van der Waals surface area contributed by atoms with Crippen LogP contribution in [0.15, 0.2) is 30.3 Å². The molecule has 0 radical (unpaired) electrons. The van der Waals surface area contributed by atoms with E-state index >= 15 is 0 Å². The number of hydrogen-bond donors (Lipinski definition) is 0. The number of carbonyl (C=O) groups excluding carboxylic acids is 1. The molecular weight excluding hydrogens is 266 g/mol. The normalized spacial score (nSPS) is 20.3. The lowest BCUT2D eigenvalue weighted by atomic mass is 10.0. The van der Waals surface area contributed by atoms with Crippen LogP contribution in [0, 0.1) is 5.92 Å². The van der Waals surface area contributed by atoms with Crippen molar-refractivity contribution in [1.82, 2.24) is 4.90 Å². The largest absolute Gasteiger partial charge is 0.384 e. The second-order valence-electron chi connectivity index (χ2n) is 5.66. The summed E-state index contributed by atoms with van der Waals surface area (Å²) in [7, 11) is 1.63. The molecular formula is C17H25NO3. The van der Waals surface area contributed by atoms with Gasteiger partial charge in [0.2, 0.25) is 5.91 Å². The number of ether oxygens (including phenoxy) is 2. The zero-order valence-electron chi connectivity index (χ0n) is 13.0. The van der Waals surface area contributed by atoms with Crippen LogP contribution < -0.4 is 0 Å². The molecule has 0 spiro atoms. The van der Waals surface area contributed by atoms with E-state index in [4.69, 9.17) is 9.47 Å². The lowest BCUT2D eigenvalue weighted by Crippen LogP contribution is -2.48. The molecule has 4 heteroatoms. The molecule has 1 fully saturated rings. The molecule has 1 aromatic rings. The number of nitrogens with zero attached hydrogens (tertiary/aromatic N) is 1. The zero-order chi connectivity index (χ0) is 15.1. The molecule has 4 nitrogen and oxygen atoms in total. The van der Waals surface area contributed by atoms with Crippen LogP contribution in [-0.4, -0.2) is 50.3 Å². The Balaban J connectivity index is 1.82. The van der Waals surface area contributed by atoms with Crippen LogP contribution in [0.5, 0.6) is 0 Å². The van der Waals surface area contributed by atoms with Crippen LogP contribution in [-0.2, 0) is 20.7 Å². The van der Waals surface area contributed by atoms with Crippen molar-refractivity contribution in [3.05, 3.63) is 35.9 Å². The molecule has 21 heavy (non-hydrogen) atoms. The zero-order valence-corrected chi connectivity index (χ0v) is 13.0. The standard InChI is InChI=1S/C17H25NO3/c1-14(13-20-2)17(19)18-10-11-21-16(12-18)9-8-15-6-4-3-5-7-15/h3-7,14,16H,8-13H2,1-2H3/t14-,16-/m0/s1. The minimum absolute atomic E-state index is 0.0807. The average molecular weight is 291 g/mol. The van der Waals surface area contributed by atoms with Gasteiger partial charge in [0.05, 0.1) is 25.2 Å². The number of benzene rings is 1. The second kappa shape index (κ2) is 8.15. The maximum Gasteiger partial charge on any atom is 0.227 e. The molecule has 0 bridgehead atoms. The monoisotopic (exact) mass is 291 g/mol. The summed E-state index contributed by atoms with van der Waals surface area (Å²) in [6.45, 7) is 4.41. The fourth-order valence-electron chi connectivity index (χ4n) is 2.70. The molecule has 1 aromatic carbocycles. The average Bonchev–Trinajstić information content (AvgIpc) is 2.54. The van der Waals surface area contributed by atoms with Gasteiger partial charge >= 0.3 is 0 Å². The first-order chi connectivity index (χ1) is 10.2. The van der Waals surface area contributed by atoms with Crippen molar-refractivity contribution in [2.24, 2.45) is 5.92 Å². The third kappa shape index (κ3) is 4.83. The van der Waals surface area contributed by atoms with Gasteiger partial charge in [-0.05, 0) is 18.4 Å². The summed E-state index contributed by atoms with van der Waals surface area (Å²) in [5.74, 6) is 0.0905. The Morgan fingerprint density at radius 3 is 2.90 bits per heavy atom. The number of amides is 1. The van der Waals surface area contributed by atoms with Crippen LogP contribution >= 0.6 is 0 Å². The Hall–Kier alpha value is -1.39. The van der Waals surface area contributed by atoms with E-state index < -0.39 is 0 Å². The third-order valence-electron chi connectivity index (χ3n) is 3.89. The summed E-state index contributed by atoms with van der Waals surface area (Å²) in [6.07, 6.45) is 2.07. The highest BCUT2D eigenvalue weighted by atomic mass is 16.5. The first-order valence-electron chi connectivity index (χ1n) is 7.64. The summed E-state index contributed by atoms with van der Waals surface area (Å²) < 4.78 is 10.9. The quantitative estimate of drug-likeness (QED) is 0.806. The highest BCUT2D eigenvalue weighted by Crippen LogP contribution is 2.14. The molecule has 0 aliphatic carbocycles. The van der Waals surface area contributed by atoms with E-state index in [1.165, 1.54) is 5.56 Å². The number of methoxy groups -OCH3 is 1. The third-order valence-corrected chi connectivity index (χ3v) is 3.89. The van der Waals surface area contributed by atoms with E-state index in [9.17, 15) is 4.79 Å². The number of morpholine rings is 1. The van der Waals surface area contributed by atoms with Crippen LogP contribution in [0.1, 0.15) is 18.9 Å². The van der Waals surface area contributed by atoms with E-state index in [-0.39, 0.29) is 17.9 Å². The van der Waals surface area contributed by atoms with Crippen molar-refractivity contribution >= 4 is 5.91 Å². The molecule has 1 heterocycles.